The summed E-state index contributed by atoms with van der Waals surface area (Å²) in [5.74, 6) is -3.05. The van der Waals surface area contributed by atoms with Gasteiger partial charge in [-0.1, -0.05) is 0 Å². The molecule has 372 valence electrons. The number of esters is 8. The van der Waals surface area contributed by atoms with Gasteiger partial charge in [-0.3, -0.25) is 38.4 Å². The maximum absolute atomic E-state index is 10.9. The minimum Gasteiger partial charge on any atom is -0.469 e. The number of ether oxygens (including phenoxy) is 8. The second-order valence-electron chi connectivity index (χ2n) is 10.4. The molecule has 0 aromatic rings. The summed E-state index contributed by atoms with van der Waals surface area (Å²) in [6.45, 7) is 12.9. The molecule has 0 aromatic carbocycles. The molecule has 0 heterocycles. The summed E-state index contributed by atoms with van der Waals surface area (Å²) in [6.07, 6.45) is 3.38. The van der Waals surface area contributed by atoms with Gasteiger partial charge < -0.3 is 68.5 Å². The highest BCUT2D eigenvalue weighted by atomic mass is 16.6. The highest BCUT2D eigenvalue weighted by molar-refractivity contribution is 5.79. The maximum Gasteiger partial charge on any atom is 0.306 e. The lowest BCUT2D eigenvalue weighted by molar-refractivity contribution is -0.149. The van der Waals surface area contributed by atoms with Crippen molar-refractivity contribution in [3.63, 3.8) is 0 Å². The zero-order valence-corrected chi connectivity index (χ0v) is 38.8. The standard InChI is InChI=1S/C9H16O5.C8H14O4.2C7H12O4.C4H10O2.2C2H6O.CH4O/c1-13-8(11)4-5-9(12)14-7-3-2-6-10;1-3-11-7(9)5-6-8(10)12-4-2;2*1-3-11-7(9)5-4-6(8)10-2;5-3-1-2-4-6;2*1-2-3;1-2/h10H,2-7H2,1H3;3-6H2,1-2H3;2*3-5H2,1-2H3;5-6H,1-4H2;2*3H,2H2,1H3;2H,1H3. The number of aliphatic hydroxyl groups excluding tert-OH is 6. The summed E-state index contributed by atoms with van der Waals surface area (Å²) in [6, 6.07) is 0. The molecular weight excluding hydrogens is 832 g/mol. The molecule has 0 aliphatic carbocycles. The molecule has 0 fully saturated rings. The molecule has 0 atom stereocenters. The number of carbonyl (C=O) groups is 8. The molecule has 0 bridgehead atoms. The first-order valence-corrected chi connectivity index (χ1v) is 20.0. The predicted molar refractivity (Wildman–Crippen MR) is 224 cm³/mol. The van der Waals surface area contributed by atoms with Gasteiger partial charge in [0, 0.05) is 40.1 Å². The third kappa shape index (κ3) is 91.3. The smallest absolute Gasteiger partial charge is 0.306 e. The molecule has 6 N–H and O–H groups in total. The molecule has 0 spiro atoms. The van der Waals surface area contributed by atoms with Crippen LogP contribution in [0.2, 0.25) is 0 Å². The Morgan fingerprint density at radius 2 is 0.500 bits per heavy atom. The van der Waals surface area contributed by atoms with E-state index in [2.05, 4.69) is 33.2 Å². The molecule has 22 heteroatoms. The Bertz CT molecular complexity index is 949. The molecular formula is C40H80O22. The van der Waals surface area contributed by atoms with Gasteiger partial charge in [-0.25, -0.2) is 0 Å². The van der Waals surface area contributed by atoms with E-state index in [9.17, 15) is 38.4 Å². The van der Waals surface area contributed by atoms with Crippen LogP contribution in [0.5, 0.6) is 0 Å². The average molecular weight is 913 g/mol. The molecule has 62 heavy (non-hydrogen) atoms. The Morgan fingerprint density at radius 1 is 0.323 bits per heavy atom. The van der Waals surface area contributed by atoms with E-state index in [1.54, 1.807) is 41.5 Å². The quantitative estimate of drug-likeness (QED) is 0.0481. The van der Waals surface area contributed by atoms with E-state index in [1.807, 2.05) is 0 Å². The summed E-state index contributed by atoms with van der Waals surface area (Å²) in [5.41, 5.74) is 0. The van der Waals surface area contributed by atoms with E-state index >= 15 is 0 Å². The zero-order valence-electron chi connectivity index (χ0n) is 38.8. The Labute approximate surface area is 367 Å². The van der Waals surface area contributed by atoms with Crippen molar-refractivity contribution in [2.24, 2.45) is 0 Å². The Kier molecular flexibility index (Phi) is 85.9. The molecule has 22 nitrogen and oxygen atoms in total. The van der Waals surface area contributed by atoms with E-state index in [1.165, 1.54) is 21.3 Å². The monoisotopic (exact) mass is 913 g/mol. The molecule has 0 aromatic heterocycles. The third-order valence-electron chi connectivity index (χ3n) is 5.42. The first-order chi connectivity index (χ1) is 29.6. The SMILES string of the molecule is CCO.CCO.CCOC(=O)CCC(=O)OC.CCOC(=O)CCC(=O)OC.CCOC(=O)CCC(=O)OCC.CO.COC(=O)CCC(=O)OCCCCO.OCCCCO. The maximum atomic E-state index is 10.9. The molecule has 0 saturated heterocycles. The van der Waals surface area contributed by atoms with Gasteiger partial charge >= 0.3 is 47.8 Å². The highest BCUT2D eigenvalue weighted by Gasteiger charge is 2.09. The number of carbonyl (C=O) groups excluding carboxylic acids is 8. The summed E-state index contributed by atoms with van der Waals surface area (Å²) in [7, 11) is 4.84. The highest BCUT2D eigenvalue weighted by Crippen LogP contribution is 1.98. The topological polar surface area (TPSA) is 332 Å². The first kappa shape index (κ1) is 74.9. The fraction of sp³-hybridized carbons (Fsp3) is 0.800. The van der Waals surface area contributed by atoms with Crippen LogP contribution in [0.4, 0.5) is 0 Å². The van der Waals surface area contributed by atoms with Crippen molar-refractivity contribution in [3.8, 4) is 0 Å². The molecule has 0 unspecified atom stereocenters. The van der Waals surface area contributed by atoms with Gasteiger partial charge in [0.05, 0.1) is 106 Å². The van der Waals surface area contributed by atoms with Crippen LogP contribution in [0.15, 0.2) is 0 Å². The van der Waals surface area contributed by atoms with Crippen molar-refractivity contribution in [2.75, 3.05) is 94.5 Å². The van der Waals surface area contributed by atoms with Gasteiger partial charge in [0.15, 0.2) is 0 Å². The molecule has 0 aliphatic rings. The molecule has 0 radical (unpaired) electrons. The number of unbranched alkanes of at least 4 members (excludes halogenated alkanes) is 2. The second-order valence-corrected chi connectivity index (χ2v) is 10.4. The fourth-order valence-corrected chi connectivity index (χ4v) is 2.75. The number of hydrogen-bond donors (Lipinski definition) is 6. The minimum atomic E-state index is -0.419. The van der Waals surface area contributed by atoms with Gasteiger partial charge in [-0.15, -0.1) is 0 Å². The van der Waals surface area contributed by atoms with Crippen LogP contribution >= 0.6 is 0 Å². The Hall–Kier alpha value is -4.48. The van der Waals surface area contributed by atoms with E-state index in [-0.39, 0.29) is 108 Å². The van der Waals surface area contributed by atoms with Gasteiger partial charge in [-0.05, 0) is 67.2 Å². The van der Waals surface area contributed by atoms with Crippen molar-refractivity contribution in [1.82, 2.24) is 0 Å². The summed E-state index contributed by atoms with van der Waals surface area (Å²) < 4.78 is 36.2. The average Bonchev–Trinajstić information content (AvgIpc) is 3.26. The van der Waals surface area contributed by atoms with Crippen molar-refractivity contribution >= 4 is 47.8 Å². The van der Waals surface area contributed by atoms with E-state index in [4.69, 9.17) is 35.4 Å². The van der Waals surface area contributed by atoms with Crippen LogP contribution in [-0.4, -0.2) is 173 Å². The second kappa shape index (κ2) is 71.0. The largest absolute Gasteiger partial charge is 0.469 e. The minimum absolute atomic E-state index is 0.0474. The van der Waals surface area contributed by atoms with Crippen molar-refractivity contribution in [1.29, 1.82) is 0 Å². The summed E-state index contributed by atoms with van der Waals surface area (Å²) in [4.78, 5) is 85.3. The van der Waals surface area contributed by atoms with Gasteiger partial charge in [-0.2, -0.15) is 0 Å². The summed E-state index contributed by atoms with van der Waals surface area (Å²) >= 11 is 0. The predicted octanol–water partition coefficient (Wildman–Crippen LogP) is 1.51. The molecule has 0 saturated carbocycles. The van der Waals surface area contributed by atoms with Crippen LogP contribution < -0.4 is 0 Å². The first-order valence-electron chi connectivity index (χ1n) is 20.0. The Balaban J connectivity index is -0.0000000951. The van der Waals surface area contributed by atoms with Crippen LogP contribution in [0, 0.1) is 0 Å². The van der Waals surface area contributed by atoms with Crippen LogP contribution in [0.25, 0.3) is 0 Å². The molecule has 0 aliphatic heterocycles. The van der Waals surface area contributed by atoms with Crippen LogP contribution in [-0.2, 0) is 76.3 Å². The third-order valence-corrected chi connectivity index (χ3v) is 5.42. The fourth-order valence-electron chi connectivity index (χ4n) is 2.75. The van der Waals surface area contributed by atoms with Gasteiger partial charge in [0.25, 0.3) is 0 Å². The Morgan fingerprint density at radius 3 is 0.677 bits per heavy atom. The van der Waals surface area contributed by atoms with E-state index in [0.717, 1.165) is 20.0 Å². The normalized spacial score (nSPS) is 8.65. The summed E-state index contributed by atoms with van der Waals surface area (Å²) in [5, 5.41) is 46.7. The van der Waals surface area contributed by atoms with Crippen molar-refractivity contribution < 1.29 is 107 Å². The zero-order chi connectivity index (χ0) is 49.8. The van der Waals surface area contributed by atoms with Gasteiger partial charge in [0.2, 0.25) is 0 Å². The van der Waals surface area contributed by atoms with Crippen LogP contribution in [0.3, 0.4) is 0 Å². The van der Waals surface area contributed by atoms with Crippen LogP contribution in [0.1, 0.15) is 119 Å². The van der Waals surface area contributed by atoms with E-state index in [0.29, 0.717) is 45.9 Å². The number of methoxy groups -OCH3 is 3. The molecule has 0 rings (SSSR count). The van der Waals surface area contributed by atoms with Crippen molar-refractivity contribution in [2.45, 2.75) is 119 Å². The lowest BCUT2D eigenvalue weighted by Gasteiger charge is -2.03. The van der Waals surface area contributed by atoms with Crippen molar-refractivity contribution in [3.05, 3.63) is 0 Å². The van der Waals surface area contributed by atoms with E-state index < -0.39 is 23.9 Å². The molecule has 0 amide bonds. The number of hydrogen-bond acceptors (Lipinski definition) is 22. The number of aliphatic hydroxyl groups is 6. The lowest BCUT2D eigenvalue weighted by Crippen LogP contribution is -2.09. The number of rotatable bonds is 23. The van der Waals surface area contributed by atoms with Gasteiger partial charge in [0.1, 0.15) is 0 Å². The lowest BCUT2D eigenvalue weighted by atomic mass is 10.3.